The summed E-state index contributed by atoms with van der Waals surface area (Å²) in [5.74, 6) is 0.180. The summed E-state index contributed by atoms with van der Waals surface area (Å²) in [7, 11) is -3.42. The Morgan fingerprint density at radius 3 is 2.46 bits per heavy atom. The molecule has 3 rings (SSSR count). The van der Waals surface area contributed by atoms with Gasteiger partial charge in [0.05, 0.1) is 26.5 Å². The highest BCUT2D eigenvalue weighted by molar-refractivity contribution is 9.11. The predicted molar refractivity (Wildman–Crippen MR) is 113 cm³/mol. The number of hydrogen-bond donors (Lipinski definition) is 0. The Labute approximate surface area is 177 Å². The Hall–Kier alpha value is -1.65. The van der Waals surface area contributed by atoms with E-state index in [1.165, 1.54) is 12.1 Å². The summed E-state index contributed by atoms with van der Waals surface area (Å²) in [4.78, 5) is 21.5. The van der Waals surface area contributed by atoms with Gasteiger partial charge in [-0.2, -0.15) is 0 Å². The van der Waals surface area contributed by atoms with Gasteiger partial charge in [-0.25, -0.2) is 13.4 Å². The Morgan fingerprint density at radius 1 is 1.25 bits per heavy atom. The highest BCUT2D eigenvalue weighted by Crippen LogP contribution is 2.29. The number of amides is 1. The number of hydrogen-bond acceptors (Lipinski definition) is 7. The first-order valence-electron chi connectivity index (χ1n) is 8.81. The summed E-state index contributed by atoms with van der Waals surface area (Å²) in [5, 5.41) is 0.918. The van der Waals surface area contributed by atoms with Crippen LogP contribution in [0, 0.1) is 0 Å². The van der Waals surface area contributed by atoms with Crippen LogP contribution in [0.4, 0.5) is 5.13 Å². The van der Waals surface area contributed by atoms with E-state index in [2.05, 4.69) is 25.8 Å². The zero-order valence-corrected chi connectivity index (χ0v) is 19.1. The summed E-state index contributed by atoms with van der Waals surface area (Å²) in [5.41, 5.74) is 0.280. The molecule has 1 aromatic carbocycles. The minimum Gasteiger partial charge on any atom is -0.490 e. The second-order valence-electron chi connectivity index (χ2n) is 6.82. The largest absolute Gasteiger partial charge is 0.490 e. The summed E-state index contributed by atoms with van der Waals surface area (Å²) >= 11 is 4.97. The topological polar surface area (TPSA) is 79.8 Å². The van der Waals surface area contributed by atoms with Crippen LogP contribution in [-0.2, 0) is 9.84 Å². The van der Waals surface area contributed by atoms with E-state index in [1.807, 2.05) is 13.8 Å². The number of nitrogens with zero attached hydrogens (tertiary/aromatic N) is 3. The van der Waals surface area contributed by atoms with E-state index in [0.29, 0.717) is 31.9 Å². The number of halogens is 1. The molecule has 28 heavy (non-hydrogen) atoms. The quantitative estimate of drug-likeness (QED) is 0.644. The van der Waals surface area contributed by atoms with E-state index in [-0.39, 0.29) is 22.5 Å². The number of benzene rings is 1. The fraction of sp³-hybridized carbons (Fsp3) is 0.444. The van der Waals surface area contributed by atoms with Gasteiger partial charge in [0, 0.05) is 32.4 Å². The number of carbonyl (C=O) groups excluding carboxylic acids is 1. The maximum atomic E-state index is 13.1. The van der Waals surface area contributed by atoms with Gasteiger partial charge < -0.3 is 14.5 Å². The highest BCUT2D eigenvalue weighted by atomic mass is 79.9. The van der Waals surface area contributed by atoms with Crippen LogP contribution in [0.3, 0.4) is 0 Å². The molecule has 0 bridgehead atoms. The van der Waals surface area contributed by atoms with Crippen LogP contribution in [0.25, 0.3) is 0 Å². The van der Waals surface area contributed by atoms with Crippen molar-refractivity contribution in [1.29, 1.82) is 0 Å². The number of thiazole rings is 1. The number of anilines is 1. The SMILES string of the molecule is CC(C)Oc1ccc(S(C)(=O)=O)cc1C(=O)N1CCN(c2ncc(Br)s2)CC1. The molecule has 152 valence electrons. The highest BCUT2D eigenvalue weighted by Gasteiger charge is 2.27. The fourth-order valence-electron chi connectivity index (χ4n) is 2.93. The first-order chi connectivity index (χ1) is 13.1. The molecular formula is C18H22BrN3O4S2. The van der Waals surface area contributed by atoms with Crippen LogP contribution < -0.4 is 9.64 Å². The van der Waals surface area contributed by atoms with Crippen molar-refractivity contribution < 1.29 is 17.9 Å². The van der Waals surface area contributed by atoms with Gasteiger partial charge in [-0.3, -0.25) is 4.79 Å². The van der Waals surface area contributed by atoms with Crippen molar-refractivity contribution in [2.24, 2.45) is 0 Å². The Kier molecular flexibility index (Phi) is 6.31. The average molecular weight is 488 g/mol. The average Bonchev–Trinajstić information content (AvgIpc) is 3.06. The minimum atomic E-state index is -3.42. The smallest absolute Gasteiger partial charge is 0.257 e. The lowest BCUT2D eigenvalue weighted by atomic mass is 10.1. The van der Waals surface area contributed by atoms with Crippen molar-refractivity contribution in [2.45, 2.75) is 24.8 Å². The first kappa shape index (κ1) is 21.1. The molecular weight excluding hydrogens is 466 g/mol. The zero-order chi connectivity index (χ0) is 20.5. The minimum absolute atomic E-state index is 0.109. The van der Waals surface area contributed by atoms with Crippen LogP contribution in [-0.4, -0.2) is 62.7 Å². The third-order valence-corrected chi connectivity index (χ3v) is 6.92. The number of piperazine rings is 1. The van der Waals surface area contributed by atoms with E-state index < -0.39 is 9.84 Å². The van der Waals surface area contributed by atoms with E-state index in [4.69, 9.17) is 4.74 Å². The van der Waals surface area contributed by atoms with Crippen LogP contribution in [0.15, 0.2) is 33.1 Å². The maximum Gasteiger partial charge on any atom is 0.257 e. The summed E-state index contributed by atoms with van der Waals surface area (Å²) in [6, 6.07) is 4.45. The number of carbonyl (C=O) groups is 1. The van der Waals surface area contributed by atoms with E-state index >= 15 is 0 Å². The molecule has 1 fully saturated rings. The standard InChI is InChI=1S/C18H22BrN3O4S2/c1-12(2)26-15-5-4-13(28(3,24)25)10-14(15)17(23)21-6-8-22(9-7-21)18-20-11-16(19)27-18/h4-5,10-12H,6-9H2,1-3H3. The van der Waals surface area contributed by atoms with Gasteiger partial charge in [-0.05, 0) is 48.0 Å². The normalized spacial score (nSPS) is 15.2. The second kappa shape index (κ2) is 8.38. The molecule has 0 aliphatic carbocycles. The van der Waals surface area contributed by atoms with Crippen molar-refractivity contribution in [2.75, 3.05) is 37.3 Å². The Bertz CT molecular complexity index is 967. The molecule has 0 atom stereocenters. The third kappa shape index (κ3) is 4.84. The van der Waals surface area contributed by atoms with Gasteiger partial charge in [0.1, 0.15) is 5.75 Å². The molecule has 0 spiro atoms. The lowest BCUT2D eigenvalue weighted by molar-refractivity contribution is 0.0740. The molecule has 1 aromatic heterocycles. The van der Waals surface area contributed by atoms with Crippen LogP contribution >= 0.6 is 27.3 Å². The molecule has 2 heterocycles. The number of sulfone groups is 1. The summed E-state index contributed by atoms with van der Waals surface area (Å²) in [6.45, 7) is 6.11. The van der Waals surface area contributed by atoms with Crippen molar-refractivity contribution in [1.82, 2.24) is 9.88 Å². The number of rotatable bonds is 5. The van der Waals surface area contributed by atoms with Crippen LogP contribution in [0.5, 0.6) is 5.75 Å². The molecule has 0 unspecified atom stereocenters. The first-order valence-corrected chi connectivity index (χ1v) is 12.3. The van der Waals surface area contributed by atoms with Gasteiger partial charge in [-0.1, -0.05) is 11.3 Å². The Balaban J connectivity index is 1.81. The molecule has 0 radical (unpaired) electrons. The summed E-state index contributed by atoms with van der Waals surface area (Å²) in [6.07, 6.45) is 2.77. The van der Waals surface area contributed by atoms with E-state index in [0.717, 1.165) is 15.2 Å². The lowest BCUT2D eigenvalue weighted by Gasteiger charge is -2.35. The van der Waals surface area contributed by atoms with Crippen molar-refractivity contribution >= 4 is 48.1 Å². The molecule has 1 aliphatic rings. The van der Waals surface area contributed by atoms with Crippen molar-refractivity contribution in [3.63, 3.8) is 0 Å². The second-order valence-corrected chi connectivity index (χ2v) is 11.2. The van der Waals surface area contributed by atoms with Gasteiger partial charge in [0.15, 0.2) is 15.0 Å². The summed E-state index contributed by atoms with van der Waals surface area (Å²) < 4.78 is 30.6. The molecule has 1 amide bonds. The monoisotopic (exact) mass is 487 g/mol. The zero-order valence-electron chi connectivity index (χ0n) is 15.9. The number of ether oxygens (including phenoxy) is 1. The predicted octanol–water partition coefficient (Wildman–Crippen LogP) is 3.06. The van der Waals surface area contributed by atoms with Crippen LogP contribution in [0.2, 0.25) is 0 Å². The third-order valence-electron chi connectivity index (χ3n) is 4.27. The van der Waals surface area contributed by atoms with Crippen molar-refractivity contribution in [3.8, 4) is 5.75 Å². The lowest BCUT2D eigenvalue weighted by Crippen LogP contribution is -2.48. The number of aromatic nitrogens is 1. The van der Waals surface area contributed by atoms with Gasteiger partial charge in [-0.15, -0.1) is 0 Å². The van der Waals surface area contributed by atoms with Gasteiger partial charge >= 0.3 is 0 Å². The molecule has 1 aliphatic heterocycles. The molecule has 0 N–H and O–H groups in total. The molecule has 0 saturated carbocycles. The maximum absolute atomic E-state index is 13.1. The fourth-order valence-corrected chi connectivity index (χ4v) is 4.81. The Morgan fingerprint density at radius 2 is 1.93 bits per heavy atom. The molecule has 10 heteroatoms. The molecule has 7 nitrogen and oxygen atoms in total. The van der Waals surface area contributed by atoms with Gasteiger partial charge in [0.25, 0.3) is 5.91 Å². The van der Waals surface area contributed by atoms with E-state index in [9.17, 15) is 13.2 Å². The van der Waals surface area contributed by atoms with Crippen molar-refractivity contribution in [3.05, 3.63) is 33.7 Å². The van der Waals surface area contributed by atoms with E-state index in [1.54, 1.807) is 28.5 Å². The van der Waals surface area contributed by atoms with Crippen LogP contribution in [0.1, 0.15) is 24.2 Å². The van der Waals surface area contributed by atoms with Gasteiger partial charge in [0.2, 0.25) is 0 Å². The molecule has 2 aromatic rings. The molecule has 1 saturated heterocycles.